The summed E-state index contributed by atoms with van der Waals surface area (Å²) < 4.78 is 43.8. The lowest BCUT2D eigenvalue weighted by molar-refractivity contribution is -0.297. The number of aliphatic hydroxyl groups is 1. The number of nitrogens with zero attached hydrogens (tertiary/aromatic N) is 6. The van der Waals surface area contributed by atoms with Gasteiger partial charge >= 0.3 is 12.1 Å². The molecule has 354 valence electrons. The van der Waals surface area contributed by atoms with E-state index in [9.17, 15) is 23.4 Å². The van der Waals surface area contributed by atoms with Crippen molar-refractivity contribution in [2.24, 2.45) is 17.8 Å². The highest BCUT2D eigenvalue weighted by atomic mass is 32.2. The SMILES string of the molecule is C=CC[C@@]1(OC)C[C@@H](C)CN[C@H](C)[C@H]2N(CCCCn3cc(-c4ccccn4)nn3)C(=O)O[C@]2(C)[C@@H](CC)OC(=O)[C@H](C)C(=O)[C@H](C)[C@H]1O[C@@H]1OC(C)CC(N(C)C)C1O.CSF. The van der Waals surface area contributed by atoms with Gasteiger partial charge in [-0.2, -0.15) is 3.89 Å². The van der Waals surface area contributed by atoms with E-state index in [4.69, 9.17) is 23.7 Å². The second kappa shape index (κ2) is 23.6. The van der Waals surface area contributed by atoms with Gasteiger partial charge in [0, 0.05) is 62.8 Å². The Kier molecular flexibility index (Phi) is 19.5. The second-order valence-electron chi connectivity index (χ2n) is 17.8. The van der Waals surface area contributed by atoms with Crippen LogP contribution in [0.4, 0.5) is 8.68 Å². The Hall–Kier alpha value is -3.52. The number of methoxy groups -OCH3 is 1. The number of likely N-dealkylation sites (N-methyl/N-ethyl adjacent to an activating group) is 1. The smallest absolute Gasteiger partial charge is 0.410 e. The molecule has 5 rings (SSSR count). The fourth-order valence-electron chi connectivity index (χ4n) is 9.59. The van der Waals surface area contributed by atoms with E-state index in [1.165, 1.54) is 13.2 Å². The van der Waals surface area contributed by atoms with Gasteiger partial charge in [-0.3, -0.25) is 24.2 Å². The van der Waals surface area contributed by atoms with Crippen LogP contribution in [0, 0.1) is 17.8 Å². The number of hydrogen-bond acceptors (Lipinski definition) is 15. The molecule has 2 aromatic heterocycles. The van der Waals surface area contributed by atoms with Gasteiger partial charge in [-0.15, -0.1) is 11.7 Å². The first-order chi connectivity index (χ1) is 29.9. The van der Waals surface area contributed by atoms with Gasteiger partial charge in [0.15, 0.2) is 17.7 Å². The van der Waals surface area contributed by atoms with Crippen LogP contribution < -0.4 is 5.32 Å². The maximum Gasteiger partial charge on any atom is 0.410 e. The highest BCUT2D eigenvalue weighted by molar-refractivity contribution is 7.93. The van der Waals surface area contributed by atoms with Gasteiger partial charge in [-0.05, 0) is 105 Å². The Morgan fingerprint density at radius 3 is 2.44 bits per heavy atom. The van der Waals surface area contributed by atoms with Crippen LogP contribution in [0.1, 0.15) is 87.0 Å². The third kappa shape index (κ3) is 12.4. The number of ketones is 1. The molecule has 0 aromatic carbocycles. The van der Waals surface area contributed by atoms with Crippen LogP contribution in [0.15, 0.2) is 43.2 Å². The molecule has 0 bridgehead atoms. The molecule has 3 fully saturated rings. The third-order valence-corrected chi connectivity index (χ3v) is 12.8. The topological polar surface area (TPSA) is 180 Å². The molecule has 0 aliphatic carbocycles. The molecule has 5 heterocycles. The van der Waals surface area contributed by atoms with E-state index in [2.05, 4.69) is 34.1 Å². The molecular formula is C45H72FN7O9S. The Morgan fingerprint density at radius 2 is 1.83 bits per heavy atom. The number of esters is 1. The van der Waals surface area contributed by atoms with Crippen molar-refractivity contribution in [1.29, 1.82) is 0 Å². The second-order valence-corrected chi connectivity index (χ2v) is 18.1. The number of unbranched alkanes of at least 4 members (excludes halogenated alkanes) is 1. The molecule has 1 amide bonds. The standard InChI is InChI=1S/C44H69N7O9.CH3FS/c1-12-19-44(56-11)24-27(3)25-46-31(7)38-43(8,60-42(55)51(38)22-17-16-21-50-26-33(47-48-50)32-18-14-15-20-45-32)35(13-2)58-40(54)30(6)36(52)29(5)39(44)59-41-37(53)34(49(9)10)23-28(4)57-41;1-3-2/h12,14-15,18,20,26-31,34-35,37-39,41,46,53H,1,13,16-17,19,21-25H2,2-11H3;1H3/t27-,28?,29+,30-,31-,34?,35-,37?,38-,39-,41+,43-,44-;/m1./s1. The zero-order valence-corrected chi connectivity index (χ0v) is 39.9. The molecule has 13 atom stereocenters. The van der Waals surface area contributed by atoms with E-state index in [1.54, 1.807) is 35.9 Å². The summed E-state index contributed by atoms with van der Waals surface area (Å²) in [5, 5.41) is 23.8. The average Bonchev–Trinajstić information content (AvgIpc) is 3.84. The first kappa shape index (κ1) is 52.1. The molecule has 3 aliphatic rings. The summed E-state index contributed by atoms with van der Waals surface area (Å²) in [4.78, 5) is 50.6. The maximum atomic E-state index is 14.5. The van der Waals surface area contributed by atoms with Crippen molar-refractivity contribution in [3.8, 4) is 11.4 Å². The third-order valence-electron chi connectivity index (χ3n) is 12.8. The lowest BCUT2D eigenvalue weighted by Crippen LogP contribution is -2.61. The minimum atomic E-state index is -1.24. The number of halogens is 1. The summed E-state index contributed by atoms with van der Waals surface area (Å²) in [6.45, 7) is 18.5. The predicted octanol–water partition coefficient (Wildman–Crippen LogP) is 5.89. The lowest BCUT2D eigenvalue weighted by Gasteiger charge is -2.47. The fraction of sp³-hybridized carbons (Fsp3) is 0.733. The summed E-state index contributed by atoms with van der Waals surface area (Å²) in [5.74, 6) is -3.29. The number of pyridine rings is 1. The van der Waals surface area contributed by atoms with Gasteiger partial charge in [-0.25, -0.2) is 4.79 Å². The maximum absolute atomic E-state index is 14.5. The number of ether oxygens (including phenoxy) is 5. The van der Waals surface area contributed by atoms with Crippen molar-refractivity contribution in [1.82, 2.24) is 35.1 Å². The molecule has 0 radical (unpaired) electrons. The van der Waals surface area contributed by atoms with Crippen LogP contribution in [-0.2, 0) is 39.8 Å². The van der Waals surface area contributed by atoms with Crippen LogP contribution in [0.3, 0.4) is 0 Å². The zero-order valence-electron chi connectivity index (χ0n) is 39.1. The number of Topliss-reactive ketones (excluding diaryl/α,β-unsaturated/α-hetero) is 1. The predicted molar refractivity (Wildman–Crippen MR) is 239 cm³/mol. The molecule has 3 aliphatic heterocycles. The molecule has 16 nitrogen and oxygen atoms in total. The number of hydrogen-bond donors (Lipinski definition) is 2. The number of carbonyl (C=O) groups excluding carboxylic acids is 3. The van der Waals surface area contributed by atoms with Crippen molar-refractivity contribution in [2.75, 3.05) is 40.6 Å². The highest BCUT2D eigenvalue weighted by Gasteiger charge is 2.59. The Morgan fingerprint density at radius 1 is 1.13 bits per heavy atom. The number of nitrogens with one attached hydrogen (secondary N) is 1. The fourth-order valence-corrected chi connectivity index (χ4v) is 9.59. The van der Waals surface area contributed by atoms with E-state index in [0.29, 0.717) is 63.9 Å². The molecule has 2 aromatic rings. The van der Waals surface area contributed by atoms with Gasteiger partial charge in [-0.1, -0.05) is 38.1 Å². The zero-order chi connectivity index (χ0) is 46.6. The van der Waals surface area contributed by atoms with Crippen LogP contribution in [0.25, 0.3) is 11.4 Å². The molecule has 3 unspecified atom stereocenters. The Labute approximate surface area is 377 Å². The molecule has 3 saturated heterocycles. The molecule has 2 N–H and O–H groups in total. The number of aryl methyl sites for hydroxylation is 1. The number of amides is 1. The number of rotatable bonds is 13. The van der Waals surface area contributed by atoms with E-state index >= 15 is 0 Å². The van der Waals surface area contributed by atoms with E-state index in [0.717, 1.165) is 5.69 Å². The minimum Gasteiger partial charge on any atom is -0.458 e. The molecule has 18 heteroatoms. The number of fused-ring (bicyclic) bond motifs is 1. The molecule has 0 saturated carbocycles. The summed E-state index contributed by atoms with van der Waals surface area (Å²) in [5.41, 5.74) is -0.923. The van der Waals surface area contributed by atoms with Crippen molar-refractivity contribution >= 4 is 30.0 Å². The van der Waals surface area contributed by atoms with Crippen LogP contribution in [0.2, 0.25) is 0 Å². The Bertz CT molecular complexity index is 1780. The van der Waals surface area contributed by atoms with Gasteiger partial charge in [0.2, 0.25) is 0 Å². The van der Waals surface area contributed by atoms with Gasteiger partial charge in [0.1, 0.15) is 23.8 Å². The first-order valence-corrected chi connectivity index (χ1v) is 23.3. The molecular weight excluding hydrogens is 834 g/mol. The summed E-state index contributed by atoms with van der Waals surface area (Å²) in [7, 11) is 5.39. The summed E-state index contributed by atoms with van der Waals surface area (Å²) in [6, 6.07) is 4.55. The van der Waals surface area contributed by atoms with Crippen molar-refractivity contribution in [2.45, 2.75) is 154 Å². The minimum absolute atomic E-state index is 0.0508. The number of aromatic nitrogens is 4. The number of cyclic esters (lactones) is 1. The van der Waals surface area contributed by atoms with Crippen LogP contribution in [0.5, 0.6) is 0 Å². The summed E-state index contributed by atoms with van der Waals surface area (Å²) >= 11 is 0.250. The normalized spacial score (nSPS) is 34.5. The largest absolute Gasteiger partial charge is 0.458 e. The molecule has 63 heavy (non-hydrogen) atoms. The van der Waals surface area contributed by atoms with Gasteiger partial charge < -0.3 is 39.0 Å². The average molecular weight is 906 g/mol. The highest BCUT2D eigenvalue weighted by Crippen LogP contribution is 2.41. The van der Waals surface area contributed by atoms with Crippen molar-refractivity contribution in [3.05, 3.63) is 43.2 Å². The number of aliphatic hydroxyl groups excluding tert-OH is 1. The van der Waals surface area contributed by atoms with E-state index in [-0.39, 0.29) is 36.3 Å². The quantitative estimate of drug-likeness (QED) is 0.105. The van der Waals surface area contributed by atoms with Crippen LogP contribution in [-0.4, -0.2) is 153 Å². The van der Waals surface area contributed by atoms with Gasteiger partial charge in [0.05, 0.1) is 35.7 Å². The van der Waals surface area contributed by atoms with E-state index in [1.807, 2.05) is 71.1 Å². The lowest BCUT2D eigenvalue weighted by atomic mass is 9.75. The Balaban J connectivity index is 0.00000282. The monoisotopic (exact) mass is 906 g/mol. The van der Waals surface area contributed by atoms with Crippen LogP contribution >= 0.6 is 12.1 Å². The van der Waals surface area contributed by atoms with Crippen molar-refractivity contribution < 1.29 is 47.1 Å². The van der Waals surface area contributed by atoms with Gasteiger partial charge in [0.25, 0.3) is 0 Å². The van der Waals surface area contributed by atoms with Crippen molar-refractivity contribution in [3.63, 3.8) is 0 Å². The first-order valence-electron chi connectivity index (χ1n) is 22.2. The summed E-state index contributed by atoms with van der Waals surface area (Å²) in [6.07, 6.45) is 5.13. The molecule has 0 spiro atoms. The number of carbonyl (C=O) groups is 3. The van der Waals surface area contributed by atoms with E-state index < -0.39 is 71.5 Å².